The molecule has 1 amide bonds. The molecule has 1 aromatic heterocycles. The maximum Gasteiger partial charge on any atom is 0.411 e. The van der Waals surface area contributed by atoms with Gasteiger partial charge in [-0.25, -0.2) is 4.79 Å². The van der Waals surface area contributed by atoms with Crippen molar-refractivity contribution in [2.24, 2.45) is 0 Å². The lowest BCUT2D eigenvalue weighted by molar-refractivity contribution is -0.138. The minimum Gasteiger partial charge on any atom is -0.480 e. The Morgan fingerprint density at radius 3 is 2.61 bits per heavy atom. The molecule has 18 heavy (non-hydrogen) atoms. The SMILES string of the molecule is CC(C)(C)OC(=O)N(CC(=O)O)Cc1cn[nH]n1. The normalized spacial score (nSPS) is 11.1. The zero-order chi connectivity index (χ0) is 13.8. The van der Waals surface area contributed by atoms with Crippen molar-refractivity contribution < 1.29 is 19.4 Å². The van der Waals surface area contributed by atoms with E-state index in [-0.39, 0.29) is 6.54 Å². The lowest BCUT2D eigenvalue weighted by Gasteiger charge is -2.25. The van der Waals surface area contributed by atoms with Gasteiger partial charge in [-0.05, 0) is 20.8 Å². The molecular weight excluding hydrogens is 240 g/mol. The summed E-state index contributed by atoms with van der Waals surface area (Å²) in [6.07, 6.45) is 0.715. The number of rotatable bonds is 4. The van der Waals surface area contributed by atoms with E-state index in [1.807, 2.05) is 0 Å². The number of hydrogen-bond donors (Lipinski definition) is 2. The molecule has 8 nitrogen and oxygen atoms in total. The van der Waals surface area contributed by atoms with Crippen molar-refractivity contribution in [3.63, 3.8) is 0 Å². The first kappa shape index (κ1) is 13.9. The highest BCUT2D eigenvalue weighted by atomic mass is 16.6. The minimum atomic E-state index is -1.12. The lowest BCUT2D eigenvalue weighted by Crippen LogP contribution is -2.39. The zero-order valence-corrected chi connectivity index (χ0v) is 10.5. The number of hydrogen-bond acceptors (Lipinski definition) is 5. The van der Waals surface area contributed by atoms with Crippen molar-refractivity contribution in [1.82, 2.24) is 20.3 Å². The molecule has 0 saturated heterocycles. The molecule has 1 rings (SSSR count). The maximum absolute atomic E-state index is 11.8. The molecule has 0 saturated carbocycles. The number of carboxylic acids is 1. The summed E-state index contributed by atoms with van der Waals surface area (Å²) in [5.41, 5.74) is -0.223. The Labute approximate surface area is 104 Å². The fourth-order valence-electron chi connectivity index (χ4n) is 1.17. The first-order chi connectivity index (χ1) is 8.28. The minimum absolute atomic E-state index is 0.0255. The number of ether oxygens (including phenoxy) is 1. The van der Waals surface area contributed by atoms with Crippen LogP contribution >= 0.6 is 0 Å². The Morgan fingerprint density at radius 2 is 2.17 bits per heavy atom. The van der Waals surface area contributed by atoms with Crippen LogP contribution in [-0.4, -0.2) is 49.6 Å². The van der Waals surface area contributed by atoms with Crippen LogP contribution in [0.4, 0.5) is 4.79 Å². The van der Waals surface area contributed by atoms with Crippen molar-refractivity contribution in [3.8, 4) is 0 Å². The largest absolute Gasteiger partial charge is 0.480 e. The third kappa shape index (κ3) is 4.81. The molecule has 0 radical (unpaired) electrons. The number of nitrogens with zero attached hydrogens (tertiary/aromatic N) is 3. The topological polar surface area (TPSA) is 108 Å². The van der Waals surface area contributed by atoms with E-state index in [1.54, 1.807) is 20.8 Å². The van der Waals surface area contributed by atoms with Gasteiger partial charge in [-0.2, -0.15) is 15.4 Å². The van der Waals surface area contributed by atoms with E-state index in [4.69, 9.17) is 9.84 Å². The standard InChI is InChI=1S/C10H16N4O4/c1-10(2,3)18-9(17)14(6-8(15)16)5-7-4-11-13-12-7/h4H,5-6H2,1-3H3,(H,15,16)(H,11,12,13). The van der Waals surface area contributed by atoms with Gasteiger partial charge in [0.05, 0.1) is 12.7 Å². The average molecular weight is 256 g/mol. The second kappa shape index (κ2) is 5.48. The van der Waals surface area contributed by atoms with Gasteiger partial charge in [-0.1, -0.05) is 0 Å². The van der Waals surface area contributed by atoms with Crippen LogP contribution in [0.1, 0.15) is 26.5 Å². The Morgan fingerprint density at radius 1 is 1.50 bits per heavy atom. The van der Waals surface area contributed by atoms with Crippen molar-refractivity contribution in [1.29, 1.82) is 0 Å². The fourth-order valence-corrected chi connectivity index (χ4v) is 1.17. The third-order valence-electron chi connectivity index (χ3n) is 1.80. The van der Waals surface area contributed by atoms with E-state index in [0.29, 0.717) is 5.69 Å². The number of aromatic amines is 1. The smallest absolute Gasteiger partial charge is 0.411 e. The van der Waals surface area contributed by atoms with Crippen LogP contribution in [0.15, 0.2) is 6.20 Å². The summed E-state index contributed by atoms with van der Waals surface area (Å²) in [5, 5.41) is 18.5. The van der Waals surface area contributed by atoms with Gasteiger partial charge in [0.25, 0.3) is 0 Å². The summed E-state index contributed by atoms with van der Waals surface area (Å²) in [6, 6.07) is 0. The summed E-state index contributed by atoms with van der Waals surface area (Å²) in [7, 11) is 0. The summed E-state index contributed by atoms with van der Waals surface area (Å²) in [5.74, 6) is -1.12. The van der Waals surface area contributed by atoms with Crippen LogP contribution < -0.4 is 0 Å². The van der Waals surface area contributed by atoms with Crippen molar-refractivity contribution in [2.45, 2.75) is 32.9 Å². The van der Waals surface area contributed by atoms with Crippen LogP contribution in [0.3, 0.4) is 0 Å². The summed E-state index contributed by atoms with van der Waals surface area (Å²) in [4.78, 5) is 23.6. The fraction of sp³-hybridized carbons (Fsp3) is 0.600. The summed E-state index contributed by atoms with van der Waals surface area (Å²) >= 11 is 0. The predicted molar refractivity (Wildman–Crippen MR) is 60.7 cm³/mol. The highest BCUT2D eigenvalue weighted by molar-refractivity contribution is 5.76. The van der Waals surface area contributed by atoms with Crippen LogP contribution in [0, 0.1) is 0 Å². The van der Waals surface area contributed by atoms with Gasteiger partial charge in [0.2, 0.25) is 0 Å². The van der Waals surface area contributed by atoms with Gasteiger partial charge in [-0.3, -0.25) is 9.69 Å². The van der Waals surface area contributed by atoms with Crippen LogP contribution in [0.25, 0.3) is 0 Å². The van der Waals surface area contributed by atoms with Gasteiger partial charge in [0.1, 0.15) is 17.8 Å². The van der Waals surface area contributed by atoms with Crippen molar-refractivity contribution in [2.75, 3.05) is 6.54 Å². The van der Waals surface area contributed by atoms with Crippen molar-refractivity contribution in [3.05, 3.63) is 11.9 Å². The Balaban J connectivity index is 2.71. The third-order valence-corrected chi connectivity index (χ3v) is 1.80. The number of aromatic nitrogens is 3. The molecule has 0 atom stereocenters. The Bertz CT molecular complexity index is 410. The van der Waals surface area contributed by atoms with Crippen LogP contribution in [0.5, 0.6) is 0 Å². The molecule has 8 heteroatoms. The van der Waals surface area contributed by atoms with E-state index in [9.17, 15) is 9.59 Å². The van der Waals surface area contributed by atoms with E-state index in [1.165, 1.54) is 6.20 Å². The van der Waals surface area contributed by atoms with Gasteiger partial charge in [0.15, 0.2) is 0 Å². The van der Waals surface area contributed by atoms with Gasteiger partial charge in [0, 0.05) is 0 Å². The molecule has 0 aliphatic rings. The average Bonchev–Trinajstić information content (AvgIpc) is 2.65. The zero-order valence-electron chi connectivity index (χ0n) is 10.5. The molecule has 0 bridgehead atoms. The second-order valence-corrected chi connectivity index (χ2v) is 4.69. The summed E-state index contributed by atoms with van der Waals surface area (Å²) in [6.45, 7) is 4.69. The van der Waals surface area contributed by atoms with E-state index >= 15 is 0 Å². The maximum atomic E-state index is 11.8. The first-order valence-corrected chi connectivity index (χ1v) is 5.32. The number of nitrogens with one attached hydrogen (secondary N) is 1. The highest BCUT2D eigenvalue weighted by Gasteiger charge is 2.24. The predicted octanol–water partition coefficient (Wildman–Crippen LogP) is 0.626. The number of carbonyl (C=O) groups excluding carboxylic acids is 1. The number of aliphatic carboxylic acids is 1. The molecule has 0 aliphatic carbocycles. The molecular formula is C10H16N4O4. The number of amides is 1. The molecule has 1 heterocycles. The number of carbonyl (C=O) groups is 2. The molecule has 100 valence electrons. The van der Waals surface area contributed by atoms with Gasteiger partial charge in [-0.15, -0.1) is 0 Å². The number of H-pyrrole nitrogens is 1. The summed E-state index contributed by atoms with van der Waals surface area (Å²) < 4.78 is 5.11. The molecule has 2 N–H and O–H groups in total. The Hall–Kier alpha value is -2.12. The molecule has 1 aromatic rings. The number of carboxylic acid groups (broad SMARTS) is 1. The first-order valence-electron chi connectivity index (χ1n) is 5.32. The quantitative estimate of drug-likeness (QED) is 0.817. The molecule has 0 spiro atoms. The van der Waals surface area contributed by atoms with E-state index in [0.717, 1.165) is 4.90 Å². The van der Waals surface area contributed by atoms with E-state index in [2.05, 4.69) is 15.4 Å². The molecule has 0 unspecified atom stereocenters. The Kier molecular flexibility index (Phi) is 4.24. The molecule has 0 aromatic carbocycles. The van der Waals surface area contributed by atoms with E-state index < -0.39 is 24.2 Å². The molecule has 0 aliphatic heterocycles. The van der Waals surface area contributed by atoms with Crippen LogP contribution in [-0.2, 0) is 16.1 Å². The van der Waals surface area contributed by atoms with Crippen molar-refractivity contribution >= 4 is 12.1 Å². The van der Waals surface area contributed by atoms with Gasteiger partial charge < -0.3 is 9.84 Å². The monoisotopic (exact) mass is 256 g/mol. The van der Waals surface area contributed by atoms with Crippen LogP contribution in [0.2, 0.25) is 0 Å². The molecule has 0 fully saturated rings. The second-order valence-electron chi connectivity index (χ2n) is 4.69. The van der Waals surface area contributed by atoms with Gasteiger partial charge >= 0.3 is 12.1 Å². The highest BCUT2D eigenvalue weighted by Crippen LogP contribution is 2.11. The lowest BCUT2D eigenvalue weighted by atomic mass is 10.2.